The van der Waals surface area contributed by atoms with Gasteiger partial charge in [0.15, 0.2) is 0 Å². The molecule has 3 atom stereocenters. The highest BCUT2D eigenvalue weighted by molar-refractivity contribution is 9.10. The van der Waals surface area contributed by atoms with Gasteiger partial charge in [-0.05, 0) is 44.1 Å². The van der Waals surface area contributed by atoms with Crippen molar-refractivity contribution in [1.29, 1.82) is 0 Å². The molecule has 1 N–H and O–H groups in total. The summed E-state index contributed by atoms with van der Waals surface area (Å²) < 4.78 is 1.05. The zero-order chi connectivity index (χ0) is 14.7. The molecule has 0 aliphatic carbocycles. The van der Waals surface area contributed by atoms with E-state index >= 15 is 0 Å². The first-order valence-electron chi connectivity index (χ1n) is 7.29. The summed E-state index contributed by atoms with van der Waals surface area (Å²) in [5.41, 5.74) is 1.00. The molecule has 0 amide bonds. The van der Waals surface area contributed by atoms with Crippen molar-refractivity contribution in [1.82, 2.24) is 9.80 Å². The first-order chi connectivity index (χ1) is 9.47. The van der Waals surface area contributed by atoms with Gasteiger partial charge in [0, 0.05) is 30.1 Å². The molecule has 1 aromatic carbocycles. The van der Waals surface area contributed by atoms with Crippen molar-refractivity contribution in [3.05, 3.63) is 34.3 Å². The summed E-state index contributed by atoms with van der Waals surface area (Å²) >= 11 is 3.42. The fraction of sp³-hybridized carbons (Fsp3) is 0.625. The predicted molar refractivity (Wildman–Crippen MR) is 86.8 cm³/mol. The molecule has 0 radical (unpaired) electrons. The first-order valence-corrected chi connectivity index (χ1v) is 8.09. The maximum atomic E-state index is 10.3. The summed E-state index contributed by atoms with van der Waals surface area (Å²) in [6.07, 6.45) is 0.436. The maximum Gasteiger partial charge on any atom is 0.0802 e. The minimum atomic E-state index is -0.364. The van der Waals surface area contributed by atoms with Crippen molar-refractivity contribution in [2.75, 3.05) is 33.7 Å². The van der Waals surface area contributed by atoms with Crippen LogP contribution < -0.4 is 0 Å². The molecule has 0 spiro atoms. The Morgan fingerprint density at radius 3 is 2.50 bits per heavy atom. The second-order valence-electron chi connectivity index (χ2n) is 6.12. The van der Waals surface area contributed by atoms with E-state index in [4.69, 9.17) is 0 Å². The third-order valence-corrected chi connectivity index (χ3v) is 4.81. The Kier molecular flexibility index (Phi) is 5.61. The van der Waals surface area contributed by atoms with Gasteiger partial charge in [0.1, 0.15) is 0 Å². The van der Waals surface area contributed by atoms with Crippen molar-refractivity contribution in [3.63, 3.8) is 0 Å². The Morgan fingerprint density at radius 1 is 1.30 bits per heavy atom. The minimum Gasteiger partial charge on any atom is -0.388 e. The van der Waals surface area contributed by atoms with Crippen molar-refractivity contribution in [2.24, 2.45) is 5.92 Å². The SMILES string of the molecule is CC1CN(CCC(O)c2ccc(Br)cc2)CC1N(C)C. The van der Waals surface area contributed by atoms with E-state index in [0.717, 1.165) is 36.1 Å². The van der Waals surface area contributed by atoms with E-state index in [1.165, 1.54) is 0 Å². The van der Waals surface area contributed by atoms with Crippen molar-refractivity contribution >= 4 is 15.9 Å². The molecule has 1 fully saturated rings. The lowest BCUT2D eigenvalue weighted by atomic mass is 10.1. The molecule has 2 rings (SSSR count). The highest BCUT2D eigenvalue weighted by atomic mass is 79.9. The van der Waals surface area contributed by atoms with E-state index in [0.29, 0.717) is 12.0 Å². The molecule has 1 aromatic rings. The van der Waals surface area contributed by atoms with E-state index in [2.05, 4.69) is 46.7 Å². The molecule has 4 heteroatoms. The van der Waals surface area contributed by atoms with Crippen molar-refractivity contribution < 1.29 is 5.11 Å². The summed E-state index contributed by atoms with van der Waals surface area (Å²) in [6.45, 7) is 5.53. The average Bonchev–Trinajstić information content (AvgIpc) is 2.78. The molecule has 1 saturated heterocycles. The van der Waals surface area contributed by atoms with Gasteiger partial charge < -0.3 is 14.9 Å². The average molecular weight is 341 g/mol. The Bertz CT molecular complexity index is 421. The summed E-state index contributed by atoms with van der Waals surface area (Å²) in [5.74, 6) is 0.704. The van der Waals surface area contributed by atoms with E-state index in [1.54, 1.807) is 0 Å². The third-order valence-electron chi connectivity index (χ3n) is 4.29. The monoisotopic (exact) mass is 340 g/mol. The molecule has 0 saturated carbocycles. The fourth-order valence-electron chi connectivity index (χ4n) is 3.06. The van der Waals surface area contributed by atoms with Crippen LogP contribution in [-0.2, 0) is 0 Å². The van der Waals surface area contributed by atoms with Crippen LogP contribution in [0.5, 0.6) is 0 Å². The van der Waals surface area contributed by atoms with Gasteiger partial charge in [-0.25, -0.2) is 0 Å². The Morgan fingerprint density at radius 2 is 1.95 bits per heavy atom. The number of nitrogens with zero attached hydrogens (tertiary/aromatic N) is 2. The van der Waals surface area contributed by atoms with Crippen LogP contribution in [0.1, 0.15) is 25.0 Å². The highest BCUT2D eigenvalue weighted by Crippen LogP contribution is 2.23. The number of rotatable bonds is 5. The minimum absolute atomic E-state index is 0.364. The molecule has 112 valence electrons. The molecular formula is C16H25BrN2O. The highest BCUT2D eigenvalue weighted by Gasteiger charge is 2.30. The second kappa shape index (κ2) is 7.03. The molecule has 1 heterocycles. The largest absolute Gasteiger partial charge is 0.388 e. The van der Waals surface area contributed by atoms with Crippen LogP contribution in [-0.4, -0.2) is 54.7 Å². The topological polar surface area (TPSA) is 26.7 Å². The maximum absolute atomic E-state index is 10.3. The summed E-state index contributed by atoms with van der Waals surface area (Å²) in [5, 5.41) is 10.3. The van der Waals surface area contributed by atoms with Gasteiger partial charge in [0.05, 0.1) is 6.10 Å². The van der Waals surface area contributed by atoms with E-state index in [1.807, 2.05) is 24.3 Å². The standard InChI is InChI=1S/C16H25BrN2O/c1-12-10-19(11-15(12)18(2)3)9-8-16(20)13-4-6-14(17)7-5-13/h4-7,12,15-16,20H,8-11H2,1-3H3. The van der Waals surface area contributed by atoms with Crippen LogP contribution in [0.3, 0.4) is 0 Å². The van der Waals surface area contributed by atoms with Crippen molar-refractivity contribution in [3.8, 4) is 0 Å². The molecule has 0 aromatic heterocycles. The van der Waals surface area contributed by atoms with Crippen LogP contribution in [0, 0.1) is 5.92 Å². The van der Waals surface area contributed by atoms with Gasteiger partial charge in [0.25, 0.3) is 0 Å². The van der Waals surface area contributed by atoms with Gasteiger partial charge in [-0.1, -0.05) is 35.0 Å². The number of benzene rings is 1. The van der Waals surface area contributed by atoms with E-state index in [-0.39, 0.29) is 6.10 Å². The smallest absolute Gasteiger partial charge is 0.0802 e. The van der Waals surface area contributed by atoms with Gasteiger partial charge in [-0.15, -0.1) is 0 Å². The number of hydrogen-bond donors (Lipinski definition) is 1. The quantitative estimate of drug-likeness (QED) is 0.892. The van der Waals surface area contributed by atoms with Crippen molar-refractivity contribution in [2.45, 2.75) is 25.5 Å². The van der Waals surface area contributed by atoms with Crippen LogP contribution in [0.25, 0.3) is 0 Å². The fourth-order valence-corrected chi connectivity index (χ4v) is 3.32. The van der Waals surface area contributed by atoms with Gasteiger partial charge in [-0.2, -0.15) is 0 Å². The number of halogens is 1. The normalized spacial score (nSPS) is 25.3. The summed E-state index contributed by atoms with van der Waals surface area (Å²) in [7, 11) is 4.31. The molecule has 3 nitrogen and oxygen atoms in total. The lowest BCUT2D eigenvalue weighted by Crippen LogP contribution is -2.34. The molecule has 1 aliphatic heterocycles. The Hall–Kier alpha value is -0.420. The Labute approximate surface area is 130 Å². The second-order valence-corrected chi connectivity index (χ2v) is 7.04. The number of hydrogen-bond acceptors (Lipinski definition) is 3. The lowest BCUT2D eigenvalue weighted by molar-refractivity contribution is 0.146. The summed E-state index contributed by atoms with van der Waals surface area (Å²) in [6, 6.07) is 8.59. The lowest BCUT2D eigenvalue weighted by Gasteiger charge is -2.23. The number of aliphatic hydroxyl groups excluding tert-OH is 1. The summed E-state index contributed by atoms with van der Waals surface area (Å²) in [4.78, 5) is 4.78. The van der Waals surface area contributed by atoms with Crippen LogP contribution in [0.2, 0.25) is 0 Å². The van der Waals surface area contributed by atoms with E-state index < -0.39 is 0 Å². The van der Waals surface area contributed by atoms with E-state index in [9.17, 15) is 5.11 Å². The molecule has 1 aliphatic rings. The van der Waals surface area contributed by atoms with Gasteiger partial charge in [0.2, 0.25) is 0 Å². The molecule has 20 heavy (non-hydrogen) atoms. The zero-order valence-electron chi connectivity index (χ0n) is 12.6. The van der Waals surface area contributed by atoms with Gasteiger partial charge >= 0.3 is 0 Å². The number of aliphatic hydroxyl groups is 1. The van der Waals surface area contributed by atoms with Crippen LogP contribution in [0.4, 0.5) is 0 Å². The van der Waals surface area contributed by atoms with Gasteiger partial charge in [-0.3, -0.25) is 0 Å². The first kappa shape index (κ1) is 16.0. The number of likely N-dealkylation sites (tertiary alicyclic amines) is 1. The number of likely N-dealkylation sites (N-methyl/N-ethyl adjacent to an activating group) is 1. The van der Waals surface area contributed by atoms with Crippen LogP contribution in [0.15, 0.2) is 28.7 Å². The predicted octanol–water partition coefficient (Wildman–Crippen LogP) is 2.75. The molecular weight excluding hydrogens is 316 g/mol. The molecule has 0 bridgehead atoms. The molecule has 3 unspecified atom stereocenters. The third kappa shape index (κ3) is 4.04. The Balaban J connectivity index is 1.82. The van der Waals surface area contributed by atoms with Crippen LogP contribution >= 0.6 is 15.9 Å². The zero-order valence-corrected chi connectivity index (χ0v) is 14.2.